The number of hydrogen-bond donors (Lipinski definition) is 6. The summed E-state index contributed by atoms with van der Waals surface area (Å²) < 4.78 is 0. The Hall–Kier alpha value is -0.730. The van der Waals surface area contributed by atoms with Crippen molar-refractivity contribution in [3.63, 3.8) is 0 Å². The zero-order valence-corrected chi connectivity index (χ0v) is 7.75. The fourth-order valence-electron chi connectivity index (χ4n) is 1.53. The van der Waals surface area contributed by atoms with Gasteiger partial charge in [-0.15, -0.1) is 0 Å². The van der Waals surface area contributed by atoms with Gasteiger partial charge in [-0.2, -0.15) is 0 Å². The van der Waals surface area contributed by atoms with Crippen LogP contribution < -0.4 is 5.43 Å². The largest absolute Gasteiger partial charge is 0.394 e. The van der Waals surface area contributed by atoms with Crippen LogP contribution in [-0.4, -0.2) is 69.3 Å². The van der Waals surface area contributed by atoms with Crippen molar-refractivity contribution < 1.29 is 20.4 Å². The summed E-state index contributed by atoms with van der Waals surface area (Å²) in [6.45, 7) is -0.422. The van der Waals surface area contributed by atoms with Crippen molar-refractivity contribution in [1.82, 2.24) is 10.4 Å². The van der Waals surface area contributed by atoms with Crippen LogP contribution in [-0.2, 0) is 0 Å². The zero-order chi connectivity index (χ0) is 10.9. The maximum atomic E-state index is 9.48. The van der Waals surface area contributed by atoms with Crippen molar-refractivity contribution in [2.24, 2.45) is 0 Å². The molecule has 4 atom stereocenters. The van der Waals surface area contributed by atoms with Crippen LogP contribution in [0.15, 0.2) is 0 Å². The highest BCUT2D eigenvalue weighted by Crippen LogP contribution is 2.18. The molecule has 0 spiro atoms. The highest BCUT2D eigenvalue weighted by Gasteiger charge is 2.44. The van der Waals surface area contributed by atoms with Crippen molar-refractivity contribution in [3.8, 4) is 0 Å². The molecule has 1 saturated heterocycles. The first kappa shape index (κ1) is 11.3. The van der Waals surface area contributed by atoms with Crippen molar-refractivity contribution in [2.45, 2.75) is 24.4 Å². The molecule has 0 aromatic heterocycles. The number of rotatable bonds is 2. The monoisotopic (exact) mass is 205 g/mol. The Labute approximate surface area is 81.1 Å². The van der Waals surface area contributed by atoms with Crippen LogP contribution in [0.5, 0.6) is 0 Å². The summed E-state index contributed by atoms with van der Waals surface area (Å²) in [6.07, 6.45) is -4.18. The van der Waals surface area contributed by atoms with Gasteiger partial charge in [0.2, 0.25) is 0 Å². The Kier molecular flexibility index (Phi) is 3.40. The molecule has 1 rings (SSSR count). The van der Waals surface area contributed by atoms with Gasteiger partial charge in [0.05, 0.1) is 12.6 Å². The maximum absolute atomic E-state index is 9.48. The number of hydrogen-bond acceptors (Lipinski definition) is 6. The number of nitrogens with one attached hydrogen (secondary N) is 2. The lowest BCUT2D eigenvalue weighted by molar-refractivity contribution is -0.104. The van der Waals surface area contributed by atoms with Crippen molar-refractivity contribution in [1.29, 1.82) is 5.41 Å². The summed E-state index contributed by atoms with van der Waals surface area (Å²) in [5.74, 6) is -0.274. The molecule has 0 aromatic rings. The van der Waals surface area contributed by atoms with Gasteiger partial charge in [-0.05, 0) is 0 Å². The van der Waals surface area contributed by atoms with E-state index in [2.05, 4.69) is 5.43 Å². The van der Waals surface area contributed by atoms with E-state index in [-0.39, 0.29) is 5.84 Å². The maximum Gasteiger partial charge on any atom is 0.143 e. The normalized spacial score (nSPS) is 38.9. The predicted octanol–water partition coefficient (Wildman–Crippen LogP) is -3.14. The Bertz CT molecular complexity index is 225. The average molecular weight is 205 g/mol. The van der Waals surface area contributed by atoms with Crippen LogP contribution >= 0.6 is 0 Å². The minimum absolute atomic E-state index is 0.274. The number of aliphatic hydroxyl groups is 4. The topological polar surface area (TPSA) is 120 Å². The summed E-state index contributed by atoms with van der Waals surface area (Å²) in [6, 6.07) is -0.828. The lowest BCUT2D eigenvalue weighted by Crippen LogP contribution is -2.67. The molecular formula is C7H15N3O4. The molecule has 1 heterocycles. The lowest BCUT2D eigenvalue weighted by atomic mass is 9.95. The summed E-state index contributed by atoms with van der Waals surface area (Å²) >= 11 is 0. The van der Waals surface area contributed by atoms with Gasteiger partial charge in [0.1, 0.15) is 24.1 Å². The van der Waals surface area contributed by atoms with E-state index in [0.717, 1.165) is 5.01 Å². The van der Waals surface area contributed by atoms with E-state index >= 15 is 0 Å². The molecule has 0 aromatic carbocycles. The van der Waals surface area contributed by atoms with Gasteiger partial charge in [-0.3, -0.25) is 10.4 Å². The molecule has 1 aliphatic rings. The molecule has 0 aliphatic carbocycles. The van der Waals surface area contributed by atoms with E-state index in [1.807, 2.05) is 0 Å². The first-order chi connectivity index (χ1) is 6.54. The molecule has 7 nitrogen and oxygen atoms in total. The zero-order valence-electron chi connectivity index (χ0n) is 7.75. The standard InChI is InChI=1S/C7H15N3O4/c1-9-10-3(2-11)4(12)5(13)6(14)7(10)8/h3-6,8-9,11-14H,2H2,1H3/t3-,4-,5+,6-/m1/s1. The highest BCUT2D eigenvalue weighted by atomic mass is 16.4. The van der Waals surface area contributed by atoms with Crippen LogP contribution in [0.3, 0.4) is 0 Å². The molecule has 0 radical (unpaired) electrons. The first-order valence-electron chi connectivity index (χ1n) is 4.24. The number of piperidine rings is 1. The SMILES string of the molecule is CNN1C(=N)[C@H](O)[C@@H](O)[C@H](O)[C@H]1CO. The molecule has 0 amide bonds. The Morgan fingerprint density at radius 2 is 1.93 bits per heavy atom. The van der Waals surface area contributed by atoms with E-state index in [0.29, 0.717) is 0 Å². The summed E-state index contributed by atoms with van der Waals surface area (Å²) in [4.78, 5) is 0. The molecule has 1 fully saturated rings. The molecule has 7 heteroatoms. The first-order valence-corrected chi connectivity index (χ1v) is 4.24. The van der Waals surface area contributed by atoms with Crippen LogP contribution in [0.1, 0.15) is 0 Å². The van der Waals surface area contributed by atoms with E-state index < -0.39 is 31.0 Å². The summed E-state index contributed by atoms with van der Waals surface area (Å²) in [5.41, 5.74) is 2.55. The molecule has 14 heavy (non-hydrogen) atoms. The third-order valence-electron chi connectivity index (χ3n) is 2.37. The number of amidine groups is 1. The van der Waals surface area contributed by atoms with E-state index in [9.17, 15) is 15.3 Å². The minimum Gasteiger partial charge on any atom is -0.394 e. The smallest absolute Gasteiger partial charge is 0.143 e. The fourth-order valence-corrected chi connectivity index (χ4v) is 1.53. The lowest BCUT2D eigenvalue weighted by Gasteiger charge is -2.43. The summed E-state index contributed by atoms with van der Waals surface area (Å²) in [7, 11) is 1.49. The third kappa shape index (κ3) is 1.60. The van der Waals surface area contributed by atoms with Gasteiger partial charge in [0.15, 0.2) is 0 Å². The van der Waals surface area contributed by atoms with Gasteiger partial charge >= 0.3 is 0 Å². The molecule has 0 saturated carbocycles. The number of hydrazine groups is 1. The average Bonchev–Trinajstić information content (AvgIpc) is 2.20. The quantitative estimate of drug-likeness (QED) is 0.283. The molecule has 1 aliphatic heterocycles. The fraction of sp³-hybridized carbons (Fsp3) is 0.857. The van der Waals surface area contributed by atoms with Gasteiger partial charge < -0.3 is 20.4 Å². The molecule has 82 valence electrons. The molecule has 0 bridgehead atoms. The van der Waals surface area contributed by atoms with Gasteiger partial charge in [-0.25, -0.2) is 5.43 Å². The van der Waals surface area contributed by atoms with Crippen LogP contribution in [0.4, 0.5) is 0 Å². The van der Waals surface area contributed by atoms with E-state index in [1.54, 1.807) is 0 Å². The van der Waals surface area contributed by atoms with Crippen LogP contribution in [0, 0.1) is 5.41 Å². The minimum atomic E-state index is -1.44. The Morgan fingerprint density at radius 3 is 2.36 bits per heavy atom. The van der Waals surface area contributed by atoms with Crippen molar-refractivity contribution in [3.05, 3.63) is 0 Å². The van der Waals surface area contributed by atoms with Crippen molar-refractivity contribution in [2.75, 3.05) is 13.7 Å². The van der Waals surface area contributed by atoms with Crippen LogP contribution in [0.25, 0.3) is 0 Å². The molecule has 0 unspecified atom stereocenters. The van der Waals surface area contributed by atoms with E-state index in [1.165, 1.54) is 7.05 Å². The third-order valence-corrected chi connectivity index (χ3v) is 2.37. The summed E-state index contributed by atoms with van der Waals surface area (Å²) in [5, 5.41) is 45.7. The van der Waals surface area contributed by atoms with E-state index in [4.69, 9.17) is 10.5 Å². The number of aliphatic hydroxyl groups excluding tert-OH is 4. The van der Waals surface area contributed by atoms with Crippen LogP contribution in [0.2, 0.25) is 0 Å². The molecular weight excluding hydrogens is 190 g/mol. The van der Waals surface area contributed by atoms with Gasteiger partial charge in [0.25, 0.3) is 0 Å². The van der Waals surface area contributed by atoms with Gasteiger partial charge in [0, 0.05) is 7.05 Å². The van der Waals surface area contributed by atoms with Crippen molar-refractivity contribution >= 4 is 5.84 Å². The molecule has 6 N–H and O–H groups in total. The van der Waals surface area contributed by atoms with Gasteiger partial charge in [-0.1, -0.05) is 0 Å². The number of nitrogens with zero attached hydrogens (tertiary/aromatic N) is 1. The predicted molar refractivity (Wildman–Crippen MR) is 47.5 cm³/mol. The Morgan fingerprint density at radius 1 is 1.36 bits per heavy atom. The Balaban J connectivity index is 2.89. The second-order valence-corrected chi connectivity index (χ2v) is 3.15. The highest BCUT2D eigenvalue weighted by molar-refractivity contribution is 5.85. The second-order valence-electron chi connectivity index (χ2n) is 3.15. The second kappa shape index (κ2) is 4.20.